The van der Waals surface area contributed by atoms with Crippen LogP contribution in [-0.2, 0) is 4.74 Å². The Morgan fingerprint density at radius 1 is 1.67 bits per heavy atom. The highest BCUT2D eigenvalue weighted by Gasteiger charge is 2.25. The monoisotopic (exact) mass is 209 g/mol. The first kappa shape index (κ1) is 10.6. The number of hydrogen-bond donors (Lipinski definition) is 1. The smallest absolute Gasteiger partial charge is 0.110 e. The Labute approximate surface area is 90.6 Å². The summed E-state index contributed by atoms with van der Waals surface area (Å²) in [5.41, 5.74) is 1.15. The van der Waals surface area contributed by atoms with Crippen LogP contribution in [0.15, 0.2) is 6.20 Å². The second kappa shape index (κ2) is 4.77. The zero-order valence-electron chi connectivity index (χ0n) is 9.49. The molecule has 0 bridgehead atoms. The topological polar surface area (TPSA) is 41.1 Å². The van der Waals surface area contributed by atoms with Crippen LogP contribution in [0.2, 0.25) is 0 Å². The molecule has 0 spiro atoms. The van der Waals surface area contributed by atoms with Gasteiger partial charge in [0.25, 0.3) is 0 Å². The van der Waals surface area contributed by atoms with Gasteiger partial charge < -0.3 is 14.6 Å². The Morgan fingerprint density at radius 2 is 2.53 bits per heavy atom. The van der Waals surface area contributed by atoms with Crippen LogP contribution in [0.25, 0.3) is 0 Å². The fraction of sp³-hybridized carbons (Fsp3) is 0.727. The molecule has 0 unspecified atom stereocenters. The lowest BCUT2D eigenvalue weighted by atomic mass is 10.1. The lowest BCUT2D eigenvalue weighted by Crippen LogP contribution is -2.24. The molecule has 0 aliphatic carbocycles. The predicted molar refractivity (Wildman–Crippen MR) is 59.0 cm³/mol. The van der Waals surface area contributed by atoms with Gasteiger partial charge in [0.1, 0.15) is 5.82 Å². The van der Waals surface area contributed by atoms with Crippen LogP contribution < -0.4 is 0 Å². The number of aromatic nitrogens is 2. The first-order valence-corrected chi connectivity index (χ1v) is 5.52. The van der Waals surface area contributed by atoms with Gasteiger partial charge in [0.05, 0.1) is 6.61 Å². The van der Waals surface area contributed by atoms with Gasteiger partial charge in [-0.05, 0) is 19.9 Å². The Balaban J connectivity index is 1.87. The Morgan fingerprint density at radius 3 is 3.20 bits per heavy atom. The van der Waals surface area contributed by atoms with E-state index in [1.165, 1.54) is 6.42 Å². The highest BCUT2D eigenvalue weighted by atomic mass is 16.5. The molecular formula is C11H19N3O. The van der Waals surface area contributed by atoms with Gasteiger partial charge in [0.2, 0.25) is 0 Å². The van der Waals surface area contributed by atoms with Crippen molar-refractivity contribution in [2.45, 2.75) is 19.3 Å². The number of methoxy groups -OCH3 is 1. The molecule has 1 saturated heterocycles. The average molecular weight is 209 g/mol. The third-order valence-electron chi connectivity index (χ3n) is 2.99. The zero-order chi connectivity index (χ0) is 10.7. The van der Waals surface area contributed by atoms with Gasteiger partial charge in [-0.3, -0.25) is 0 Å². The van der Waals surface area contributed by atoms with Gasteiger partial charge in [-0.25, -0.2) is 4.98 Å². The van der Waals surface area contributed by atoms with Gasteiger partial charge >= 0.3 is 0 Å². The molecule has 0 aromatic carbocycles. The van der Waals surface area contributed by atoms with Crippen LogP contribution in [0.5, 0.6) is 0 Å². The van der Waals surface area contributed by atoms with Crippen LogP contribution in [0, 0.1) is 6.92 Å². The van der Waals surface area contributed by atoms with E-state index < -0.39 is 0 Å². The van der Waals surface area contributed by atoms with Crippen molar-refractivity contribution >= 4 is 0 Å². The number of rotatable bonds is 4. The molecule has 15 heavy (non-hydrogen) atoms. The third-order valence-corrected chi connectivity index (χ3v) is 2.99. The molecule has 1 N–H and O–H groups in total. The predicted octanol–water partition coefficient (Wildman–Crippen LogP) is 1.15. The molecule has 2 heterocycles. The molecule has 84 valence electrons. The summed E-state index contributed by atoms with van der Waals surface area (Å²) in [5, 5.41) is 0. The summed E-state index contributed by atoms with van der Waals surface area (Å²) in [6.45, 7) is 6.18. The van der Waals surface area contributed by atoms with Crippen LogP contribution in [0.1, 0.15) is 23.9 Å². The van der Waals surface area contributed by atoms with E-state index in [0.717, 1.165) is 37.8 Å². The quantitative estimate of drug-likeness (QED) is 0.809. The maximum absolute atomic E-state index is 5.08. The summed E-state index contributed by atoms with van der Waals surface area (Å²) in [4.78, 5) is 10.2. The number of imidazole rings is 1. The molecule has 0 amide bonds. The number of aryl methyl sites for hydroxylation is 1. The summed E-state index contributed by atoms with van der Waals surface area (Å²) >= 11 is 0. The Bertz CT molecular complexity index is 311. The Kier molecular flexibility index (Phi) is 3.38. The van der Waals surface area contributed by atoms with E-state index in [1.807, 2.05) is 13.1 Å². The number of H-pyrrole nitrogens is 1. The van der Waals surface area contributed by atoms with Gasteiger partial charge in [-0.2, -0.15) is 0 Å². The standard InChI is InChI=1S/C11H19N3O/c1-9-7-12-11(13-9)10-3-4-14(8-10)5-6-15-2/h7,10H,3-6,8H2,1-2H3,(H,12,13)/t10-/m1/s1. The minimum absolute atomic E-state index is 0.579. The van der Waals surface area contributed by atoms with E-state index in [2.05, 4.69) is 14.9 Å². The fourth-order valence-electron chi connectivity index (χ4n) is 2.12. The van der Waals surface area contributed by atoms with Crippen molar-refractivity contribution in [2.24, 2.45) is 0 Å². The number of nitrogens with zero attached hydrogens (tertiary/aromatic N) is 2. The van der Waals surface area contributed by atoms with E-state index in [4.69, 9.17) is 4.74 Å². The summed E-state index contributed by atoms with van der Waals surface area (Å²) in [6.07, 6.45) is 3.11. The van der Waals surface area contributed by atoms with Gasteiger partial charge in [-0.1, -0.05) is 0 Å². The molecule has 1 aromatic heterocycles. The molecule has 1 aromatic rings. The highest BCUT2D eigenvalue weighted by molar-refractivity contribution is 5.06. The van der Waals surface area contributed by atoms with Crippen molar-refractivity contribution in [3.63, 3.8) is 0 Å². The maximum atomic E-state index is 5.08. The van der Waals surface area contributed by atoms with Crippen LogP contribution in [0.3, 0.4) is 0 Å². The first-order chi connectivity index (χ1) is 7.29. The largest absolute Gasteiger partial charge is 0.383 e. The van der Waals surface area contributed by atoms with Gasteiger partial charge in [-0.15, -0.1) is 0 Å². The van der Waals surface area contributed by atoms with E-state index >= 15 is 0 Å². The van der Waals surface area contributed by atoms with Gasteiger partial charge in [0, 0.05) is 38.0 Å². The minimum Gasteiger partial charge on any atom is -0.383 e. The van der Waals surface area contributed by atoms with Crippen LogP contribution in [-0.4, -0.2) is 48.2 Å². The number of nitrogens with one attached hydrogen (secondary N) is 1. The summed E-state index contributed by atoms with van der Waals surface area (Å²) in [5.74, 6) is 1.72. The van der Waals surface area contributed by atoms with E-state index in [1.54, 1.807) is 7.11 Å². The third kappa shape index (κ3) is 2.58. The normalized spacial score (nSPS) is 22.4. The number of likely N-dealkylation sites (tertiary alicyclic amines) is 1. The highest BCUT2D eigenvalue weighted by Crippen LogP contribution is 2.24. The molecule has 1 aliphatic heterocycles. The van der Waals surface area contributed by atoms with Crippen molar-refractivity contribution in [1.82, 2.24) is 14.9 Å². The molecular weight excluding hydrogens is 190 g/mol. The van der Waals surface area contributed by atoms with Crippen molar-refractivity contribution in [3.05, 3.63) is 17.7 Å². The van der Waals surface area contributed by atoms with E-state index in [0.29, 0.717) is 5.92 Å². The minimum atomic E-state index is 0.579. The maximum Gasteiger partial charge on any atom is 0.110 e. The van der Waals surface area contributed by atoms with Crippen molar-refractivity contribution in [3.8, 4) is 0 Å². The second-order valence-electron chi connectivity index (χ2n) is 4.23. The summed E-state index contributed by atoms with van der Waals surface area (Å²) in [6, 6.07) is 0. The number of aromatic amines is 1. The molecule has 0 radical (unpaired) electrons. The van der Waals surface area contributed by atoms with Crippen LogP contribution in [0.4, 0.5) is 0 Å². The molecule has 1 aliphatic rings. The molecule has 1 fully saturated rings. The SMILES string of the molecule is COCCN1CC[C@@H](c2ncc(C)[nH]2)C1. The first-order valence-electron chi connectivity index (χ1n) is 5.52. The lowest BCUT2D eigenvalue weighted by Gasteiger charge is -2.14. The Hall–Kier alpha value is -0.870. The second-order valence-corrected chi connectivity index (χ2v) is 4.23. The zero-order valence-corrected chi connectivity index (χ0v) is 9.49. The molecule has 2 rings (SSSR count). The van der Waals surface area contributed by atoms with Crippen molar-refractivity contribution < 1.29 is 4.74 Å². The molecule has 4 heteroatoms. The van der Waals surface area contributed by atoms with Crippen molar-refractivity contribution in [1.29, 1.82) is 0 Å². The number of hydrogen-bond acceptors (Lipinski definition) is 3. The molecule has 4 nitrogen and oxygen atoms in total. The van der Waals surface area contributed by atoms with Crippen molar-refractivity contribution in [2.75, 3.05) is 33.4 Å². The summed E-state index contributed by atoms with van der Waals surface area (Å²) in [7, 11) is 1.75. The fourth-order valence-corrected chi connectivity index (χ4v) is 2.12. The average Bonchev–Trinajstić information content (AvgIpc) is 2.83. The van der Waals surface area contributed by atoms with Gasteiger partial charge in [0.15, 0.2) is 0 Å². The molecule has 0 saturated carbocycles. The van der Waals surface area contributed by atoms with E-state index in [-0.39, 0.29) is 0 Å². The lowest BCUT2D eigenvalue weighted by molar-refractivity contribution is 0.160. The molecule has 1 atom stereocenters. The number of ether oxygens (including phenoxy) is 1. The van der Waals surface area contributed by atoms with E-state index in [9.17, 15) is 0 Å². The van der Waals surface area contributed by atoms with Crippen LogP contribution >= 0.6 is 0 Å². The summed E-state index contributed by atoms with van der Waals surface area (Å²) < 4.78 is 5.08.